The van der Waals surface area contributed by atoms with E-state index in [4.69, 9.17) is 5.11 Å². The molecule has 0 aromatic carbocycles. The van der Waals surface area contributed by atoms with Crippen molar-refractivity contribution in [3.63, 3.8) is 0 Å². The van der Waals surface area contributed by atoms with Crippen LogP contribution in [0, 0.1) is 5.92 Å². The van der Waals surface area contributed by atoms with E-state index in [9.17, 15) is 9.59 Å². The molecule has 1 aliphatic heterocycles. The first-order valence-corrected chi connectivity index (χ1v) is 6.07. The predicted molar refractivity (Wildman–Crippen MR) is 61.9 cm³/mol. The number of aliphatic hydroxyl groups is 1. The van der Waals surface area contributed by atoms with Crippen LogP contribution in [0.2, 0.25) is 0 Å². The summed E-state index contributed by atoms with van der Waals surface area (Å²) in [5, 5.41) is 12.6. The highest BCUT2D eigenvalue weighted by Crippen LogP contribution is 2.25. The molecule has 2 heterocycles. The Morgan fingerprint density at radius 3 is 2.78 bits per heavy atom. The fourth-order valence-corrected chi connectivity index (χ4v) is 2.18. The van der Waals surface area contributed by atoms with E-state index >= 15 is 0 Å². The minimum absolute atomic E-state index is 0.0235. The lowest BCUT2D eigenvalue weighted by molar-refractivity contribution is -0.137. The first-order valence-electron chi connectivity index (χ1n) is 6.07. The van der Waals surface area contributed by atoms with Gasteiger partial charge in [0.05, 0.1) is 12.5 Å². The van der Waals surface area contributed by atoms with Crippen molar-refractivity contribution in [1.82, 2.24) is 15.0 Å². The zero-order valence-electron chi connectivity index (χ0n) is 10.3. The summed E-state index contributed by atoms with van der Waals surface area (Å²) in [5.74, 6) is -0.234. The molecule has 0 saturated carbocycles. The number of amides is 1. The fraction of sp³-hybridized carbons (Fsp3) is 0.727. The number of hydrogen-bond donors (Lipinski definition) is 2. The second kappa shape index (κ2) is 5.34. The quantitative estimate of drug-likeness (QED) is 0.772. The number of carbonyl (C=O) groups excluding carboxylic acids is 1. The van der Waals surface area contributed by atoms with Crippen LogP contribution in [0.15, 0.2) is 9.32 Å². The number of nitrogens with zero attached hydrogens (tertiary/aromatic N) is 2. The van der Waals surface area contributed by atoms with Crippen LogP contribution in [0.1, 0.15) is 31.5 Å². The molecule has 0 spiro atoms. The lowest BCUT2D eigenvalue weighted by atomic mass is 9.95. The van der Waals surface area contributed by atoms with E-state index in [0.717, 1.165) is 12.8 Å². The first kappa shape index (κ1) is 12.8. The molecule has 2 N–H and O–H groups in total. The smallest absolute Gasteiger partial charge is 0.396 e. The highest BCUT2D eigenvalue weighted by atomic mass is 16.5. The first-order chi connectivity index (χ1) is 8.61. The van der Waals surface area contributed by atoms with Crippen molar-refractivity contribution in [3.8, 4) is 0 Å². The van der Waals surface area contributed by atoms with Crippen LogP contribution >= 0.6 is 0 Å². The van der Waals surface area contributed by atoms with Gasteiger partial charge < -0.3 is 10.0 Å². The van der Waals surface area contributed by atoms with Gasteiger partial charge in [-0.3, -0.25) is 14.3 Å². The molecule has 100 valence electrons. The lowest BCUT2D eigenvalue weighted by Gasteiger charge is -2.32. The molecule has 2 rings (SSSR count). The van der Waals surface area contributed by atoms with Crippen molar-refractivity contribution in [2.24, 2.45) is 5.92 Å². The molecule has 1 fully saturated rings. The van der Waals surface area contributed by atoms with Gasteiger partial charge in [0.25, 0.3) is 0 Å². The SMILES string of the molecule is CC(CO)C(=O)N1CCC(c2noc(=O)[nH]2)CC1. The van der Waals surface area contributed by atoms with E-state index in [1.54, 1.807) is 11.8 Å². The third-order valence-corrected chi connectivity index (χ3v) is 3.35. The van der Waals surface area contributed by atoms with E-state index in [2.05, 4.69) is 14.7 Å². The lowest BCUT2D eigenvalue weighted by Crippen LogP contribution is -2.41. The predicted octanol–water partition coefficient (Wildman–Crippen LogP) is -0.303. The Labute approximate surface area is 104 Å². The van der Waals surface area contributed by atoms with Crippen LogP contribution in [0.3, 0.4) is 0 Å². The largest absolute Gasteiger partial charge is 0.438 e. The maximum Gasteiger partial charge on any atom is 0.438 e. The van der Waals surface area contributed by atoms with Gasteiger partial charge in [0.15, 0.2) is 5.82 Å². The van der Waals surface area contributed by atoms with Gasteiger partial charge in [-0.2, -0.15) is 0 Å². The molecule has 1 aromatic rings. The van der Waals surface area contributed by atoms with Crippen LogP contribution < -0.4 is 5.76 Å². The maximum atomic E-state index is 11.9. The molecule has 1 atom stereocenters. The van der Waals surface area contributed by atoms with Crippen molar-refractivity contribution >= 4 is 5.91 Å². The molecule has 0 aliphatic carbocycles. The maximum absolute atomic E-state index is 11.9. The Morgan fingerprint density at radius 2 is 2.28 bits per heavy atom. The van der Waals surface area contributed by atoms with E-state index in [1.165, 1.54) is 0 Å². The standard InChI is InChI=1S/C11H17N3O4/c1-7(6-15)10(16)14-4-2-8(3-5-14)9-12-11(17)18-13-9/h7-8,15H,2-6H2,1H3,(H,12,13,17). The highest BCUT2D eigenvalue weighted by Gasteiger charge is 2.28. The third kappa shape index (κ3) is 2.61. The summed E-state index contributed by atoms with van der Waals surface area (Å²) in [5.41, 5.74) is 0. The van der Waals surface area contributed by atoms with Crippen LogP contribution in [0.25, 0.3) is 0 Å². The van der Waals surface area contributed by atoms with E-state index in [1.807, 2.05) is 0 Å². The Morgan fingerprint density at radius 1 is 1.61 bits per heavy atom. The molecular weight excluding hydrogens is 238 g/mol. The minimum atomic E-state index is -0.544. The number of piperidine rings is 1. The molecule has 7 nitrogen and oxygen atoms in total. The molecule has 1 saturated heterocycles. The second-order valence-electron chi connectivity index (χ2n) is 4.66. The van der Waals surface area contributed by atoms with Crippen LogP contribution in [-0.2, 0) is 4.79 Å². The van der Waals surface area contributed by atoms with Gasteiger partial charge in [-0.05, 0) is 12.8 Å². The van der Waals surface area contributed by atoms with Crippen molar-refractivity contribution < 1.29 is 14.4 Å². The van der Waals surface area contributed by atoms with Crippen molar-refractivity contribution in [1.29, 1.82) is 0 Å². The van der Waals surface area contributed by atoms with Crippen molar-refractivity contribution in [3.05, 3.63) is 16.4 Å². The monoisotopic (exact) mass is 255 g/mol. The van der Waals surface area contributed by atoms with Gasteiger partial charge in [-0.1, -0.05) is 12.1 Å². The van der Waals surface area contributed by atoms with Gasteiger partial charge >= 0.3 is 5.76 Å². The fourth-order valence-electron chi connectivity index (χ4n) is 2.18. The van der Waals surface area contributed by atoms with E-state index < -0.39 is 5.76 Å². The van der Waals surface area contributed by atoms with Crippen molar-refractivity contribution in [2.45, 2.75) is 25.7 Å². The molecule has 1 unspecified atom stereocenters. The molecule has 7 heteroatoms. The topological polar surface area (TPSA) is 99.4 Å². The summed E-state index contributed by atoms with van der Waals surface area (Å²) in [7, 11) is 0. The molecule has 0 bridgehead atoms. The minimum Gasteiger partial charge on any atom is -0.396 e. The number of aromatic nitrogens is 2. The number of aliphatic hydroxyl groups excluding tert-OH is 1. The molecule has 1 amide bonds. The van der Waals surface area contributed by atoms with Gasteiger partial charge in [0.2, 0.25) is 5.91 Å². The highest BCUT2D eigenvalue weighted by molar-refractivity contribution is 5.78. The normalized spacial score (nSPS) is 18.9. The number of likely N-dealkylation sites (tertiary alicyclic amines) is 1. The van der Waals surface area contributed by atoms with Crippen LogP contribution in [0.5, 0.6) is 0 Å². The number of carbonyl (C=O) groups is 1. The summed E-state index contributed by atoms with van der Waals surface area (Å²) < 4.78 is 4.47. The van der Waals surface area contributed by atoms with Gasteiger partial charge in [-0.15, -0.1) is 0 Å². The Hall–Kier alpha value is -1.63. The summed E-state index contributed by atoms with van der Waals surface area (Å²) in [6.07, 6.45) is 1.48. The zero-order valence-corrected chi connectivity index (χ0v) is 10.3. The van der Waals surface area contributed by atoms with Gasteiger partial charge in [0, 0.05) is 19.0 Å². The zero-order chi connectivity index (χ0) is 13.1. The van der Waals surface area contributed by atoms with Gasteiger partial charge in [0.1, 0.15) is 0 Å². The second-order valence-corrected chi connectivity index (χ2v) is 4.66. The summed E-state index contributed by atoms with van der Waals surface area (Å²) >= 11 is 0. The number of rotatable bonds is 3. The summed E-state index contributed by atoms with van der Waals surface area (Å²) in [6.45, 7) is 2.81. The number of H-pyrrole nitrogens is 1. The molecule has 1 aromatic heterocycles. The average molecular weight is 255 g/mol. The van der Waals surface area contributed by atoms with Gasteiger partial charge in [-0.25, -0.2) is 4.79 Å². The Bertz CT molecular complexity index is 459. The van der Waals surface area contributed by atoms with Crippen molar-refractivity contribution in [2.75, 3.05) is 19.7 Å². The summed E-state index contributed by atoms with van der Waals surface area (Å²) in [4.78, 5) is 27.0. The summed E-state index contributed by atoms with van der Waals surface area (Å²) in [6, 6.07) is 0. The van der Waals surface area contributed by atoms with E-state index in [-0.39, 0.29) is 24.3 Å². The molecule has 18 heavy (non-hydrogen) atoms. The number of nitrogens with one attached hydrogen (secondary N) is 1. The number of aromatic amines is 1. The van der Waals surface area contributed by atoms with E-state index in [0.29, 0.717) is 18.9 Å². The van der Waals surface area contributed by atoms with Crippen LogP contribution in [-0.4, -0.2) is 45.8 Å². The Kier molecular flexibility index (Phi) is 3.81. The number of hydrogen-bond acceptors (Lipinski definition) is 5. The van der Waals surface area contributed by atoms with Crippen LogP contribution in [0.4, 0.5) is 0 Å². The Balaban J connectivity index is 1.92. The molecule has 0 radical (unpaired) electrons. The molecular formula is C11H17N3O4. The molecule has 1 aliphatic rings. The third-order valence-electron chi connectivity index (χ3n) is 3.35. The average Bonchev–Trinajstić information content (AvgIpc) is 2.84.